The molecular formula is C12H23NO2. The van der Waals surface area contributed by atoms with E-state index in [9.17, 15) is 0 Å². The Labute approximate surface area is 92.5 Å². The maximum atomic E-state index is 6.03. The SMILES string of the molecule is CC(C)CC1NCCOC12CCCOC2. The fraction of sp³-hybridized carbons (Fsp3) is 1.00. The molecule has 0 radical (unpaired) electrons. The highest BCUT2D eigenvalue weighted by Gasteiger charge is 2.43. The van der Waals surface area contributed by atoms with Gasteiger partial charge in [-0.1, -0.05) is 13.8 Å². The van der Waals surface area contributed by atoms with Gasteiger partial charge in [0.2, 0.25) is 0 Å². The Morgan fingerprint density at radius 1 is 1.40 bits per heavy atom. The Balaban J connectivity index is 2.03. The minimum absolute atomic E-state index is 0.0270. The minimum Gasteiger partial charge on any atom is -0.378 e. The summed E-state index contributed by atoms with van der Waals surface area (Å²) in [5.74, 6) is 0.711. The minimum atomic E-state index is -0.0270. The van der Waals surface area contributed by atoms with E-state index in [4.69, 9.17) is 9.47 Å². The van der Waals surface area contributed by atoms with Crippen molar-refractivity contribution in [2.75, 3.05) is 26.4 Å². The van der Waals surface area contributed by atoms with Crippen molar-refractivity contribution in [3.63, 3.8) is 0 Å². The highest BCUT2D eigenvalue weighted by molar-refractivity contribution is 4.97. The van der Waals surface area contributed by atoms with Crippen molar-refractivity contribution in [1.82, 2.24) is 5.32 Å². The van der Waals surface area contributed by atoms with Crippen molar-refractivity contribution in [2.24, 2.45) is 5.92 Å². The number of morpholine rings is 1. The van der Waals surface area contributed by atoms with Crippen molar-refractivity contribution in [1.29, 1.82) is 0 Å². The zero-order chi connectivity index (χ0) is 10.7. The summed E-state index contributed by atoms with van der Waals surface area (Å²) in [5, 5.41) is 3.61. The number of ether oxygens (including phenoxy) is 2. The summed E-state index contributed by atoms with van der Waals surface area (Å²) in [6, 6.07) is 0.478. The first-order valence-electron chi connectivity index (χ1n) is 6.18. The molecule has 1 spiro atoms. The van der Waals surface area contributed by atoms with Crippen molar-refractivity contribution >= 4 is 0 Å². The quantitative estimate of drug-likeness (QED) is 0.755. The van der Waals surface area contributed by atoms with Gasteiger partial charge in [-0.15, -0.1) is 0 Å². The Morgan fingerprint density at radius 3 is 2.93 bits per heavy atom. The zero-order valence-corrected chi connectivity index (χ0v) is 9.92. The molecule has 0 amide bonds. The van der Waals surface area contributed by atoms with E-state index in [1.54, 1.807) is 0 Å². The highest BCUT2D eigenvalue weighted by Crippen LogP contribution is 2.32. The first-order chi connectivity index (χ1) is 7.23. The van der Waals surface area contributed by atoms with Gasteiger partial charge in [-0.05, 0) is 25.2 Å². The summed E-state index contributed by atoms with van der Waals surface area (Å²) in [7, 11) is 0. The van der Waals surface area contributed by atoms with Gasteiger partial charge in [0.25, 0.3) is 0 Å². The fourth-order valence-electron chi connectivity index (χ4n) is 2.72. The van der Waals surface area contributed by atoms with E-state index in [1.165, 1.54) is 6.42 Å². The molecular weight excluding hydrogens is 190 g/mol. The molecule has 2 unspecified atom stereocenters. The standard InChI is InChI=1S/C12H23NO2/c1-10(2)8-11-12(15-7-5-13-11)4-3-6-14-9-12/h10-11,13H,3-9H2,1-2H3. The Kier molecular flexibility index (Phi) is 3.65. The third-order valence-corrected chi connectivity index (χ3v) is 3.46. The van der Waals surface area contributed by atoms with Crippen molar-refractivity contribution in [3.05, 3.63) is 0 Å². The van der Waals surface area contributed by atoms with Crippen LogP contribution in [-0.4, -0.2) is 38.0 Å². The summed E-state index contributed by atoms with van der Waals surface area (Å²) < 4.78 is 11.6. The fourth-order valence-corrected chi connectivity index (χ4v) is 2.72. The molecule has 2 atom stereocenters. The second-order valence-corrected chi connectivity index (χ2v) is 5.21. The van der Waals surface area contributed by atoms with Crippen LogP contribution in [0.1, 0.15) is 33.1 Å². The van der Waals surface area contributed by atoms with Gasteiger partial charge in [-0.2, -0.15) is 0 Å². The van der Waals surface area contributed by atoms with Gasteiger partial charge in [-0.3, -0.25) is 0 Å². The molecule has 2 aliphatic rings. The van der Waals surface area contributed by atoms with Gasteiger partial charge in [0.05, 0.1) is 13.2 Å². The summed E-state index contributed by atoms with van der Waals surface area (Å²) in [6.07, 6.45) is 3.47. The first kappa shape index (κ1) is 11.4. The van der Waals surface area contributed by atoms with Gasteiger partial charge in [0, 0.05) is 19.2 Å². The summed E-state index contributed by atoms with van der Waals surface area (Å²) >= 11 is 0. The molecule has 0 aliphatic carbocycles. The highest BCUT2D eigenvalue weighted by atomic mass is 16.5. The molecule has 0 aromatic heterocycles. The molecule has 0 saturated carbocycles. The smallest absolute Gasteiger partial charge is 0.107 e. The van der Waals surface area contributed by atoms with Crippen LogP contribution >= 0.6 is 0 Å². The third kappa shape index (κ3) is 2.52. The molecule has 15 heavy (non-hydrogen) atoms. The zero-order valence-electron chi connectivity index (χ0n) is 9.92. The van der Waals surface area contributed by atoms with E-state index in [0.717, 1.165) is 39.2 Å². The molecule has 2 saturated heterocycles. The maximum Gasteiger partial charge on any atom is 0.107 e. The largest absolute Gasteiger partial charge is 0.378 e. The summed E-state index contributed by atoms with van der Waals surface area (Å²) in [4.78, 5) is 0. The molecule has 1 N–H and O–H groups in total. The molecule has 3 nitrogen and oxygen atoms in total. The number of rotatable bonds is 2. The molecule has 2 heterocycles. The van der Waals surface area contributed by atoms with Crippen molar-refractivity contribution in [2.45, 2.75) is 44.8 Å². The lowest BCUT2D eigenvalue weighted by atomic mass is 9.82. The van der Waals surface area contributed by atoms with Crippen LogP contribution in [0.5, 0.6) is 0 Å². The molecule has 2 rings (SSSR count). The first-order valence-corrected chi connectivity index (χ1v) is 6.18. The van der Waals surface area contributed by atoms with Crippen LogP contribution in [0.3, 0.4) is 0 Å². The number of hydrogen-bond acceptors (Lipinski definition) is 3. The van der Waals surface area contributed by atoms with Gasteiger partial charge >= 0.3 is 0 Å². The van der Waals surface area contributed by atoms with Crippen LogP contribution in [0.4, 0.5) is 0 Å². The monoisotopic (exact) mass is 213 g/mol. The average Bonchev–Trinajstić information content (AvgIpc) is 2.23. The van der Waals surface area contributed by atoms with Gasteiger partial charge in [-0.25, -0.2) is 0 Å². The van der Waals surface area contributed by atoms with E-state index >= 15 is 0 Å². The molecule has 0 bridgehead atoms. The molecule has 0 aromatic carbocycles. The topological polar surface area (TPSA) is 30.5 Å². The molecule has 2 fully saturated rings. The van der Waals surface area contributed by atoms with Crippen LogP contribution in [0, 0.1) is 5.92 Å². The second kappa shape index (κ2) is 4.81. The Bertz CT molecular complexity index is 192. The second-order valence-electron chi connectivity index (χ2n) is 5.21. The summed E-state index contributed by atoms with van der Waals surface area (Å²) in [5.41, 5.74) is -0.0270. The Hall–Kier alpha value is -0.120. The van der Waals surface area contributed by atoms with Gasteiger partial charge in [0.1, 0.15) is 5.60 Å². The third-order valence-electron chi connectivity index (χ3n) is 3.46. The maximum absolute atomic E-state index is 6.03. The average molecular weight is 213 g/mol. The van der Waals surface area contributed by atoms with Crippen molar-refractivity contribution < 1.29 is 9.47 Å². The van der Waals surface area contributed by atoms with E-state index in [2.05, 4.69) is 19.2 Å². The van der Waals surface area contributed by atoms with Crippen molar-refractivity contribution in [3.8, 4) is 0 Å². The molecule has 88 valence electrons. The lowest BCUT2D eigenvalue weighted by Gasteiger charge is -2.47. The van der Waals surface area contributed by atoms with Gasteiger partial charge < -0.3 is 14.8 Å². The van der Waals surface area contributed by atoms with E-state index in [-0.39, 0.29) is 5.60 Å². The lowest BCUT2D eigenvalue weighted by molar-refractivity contribution is -0.166. The van der Waals surface area contributed by atoms with Crippen LogP contribution in [0.25, 0.3) is 0 Å². The Morgan fingerprint density at radius 2 is 2.27 bits per heavy atom. The summed E-state index contributed by atoms with van der Waals surface area (Å²) in [6.45, 7) is 8.04. The van der Waals surface area contributed by atoms with E-state index in [0.29, 0.717) is 12.0 Å². The van der Waals surface area contributed by atoms with Crippen LogP contribution in [0.15, 0.2) is 0 Å². The number of hydrogen-bond donors (Lipinski definition) is 1. The molecule has 3 heteroatoms. The van der Waals surface area contributed by atoms with Crippen LogP contribution in [-0.2, 0) is 9.47 Å². The molecule has 2 aliphatic heterocycles. The predicted molar refractivity (Wildman–Crippen MR) is 60.0 cm³/mol. The normalized spacial score (nSPS) is 37.4. The predicted octanol–water partition coefficient (Wildman–Crippen LogP) is 1.57. The lowest BCUT2D eigenvalue weighted by Crippen LogP contribution is -2.62. The van der Waals surface area contributed by atoms with E-state index in [1.807, 2.05) is 0 Å². The molecule has 0 aromatic rings. The number of nitrogens with one attached hydrogen (secondary N) is 1. The van der Waals surface area contributed by atoms with Gasteiger partial charge in [0.15, 0.2) is 0 Å². The van der Waals surface area contributed by atoms with Crippen LogP contribution in [0.2, 0.25) is 0 Å². The van der Waals surface area contributed by atoms with Crippen LogP contribution < -0.4 is 5.32 Å². The van der Waals surface area contributed by atoms with E-state index < -0.39 is 0 Å².